The molecule has 0 fully saturated rings. The number of hydrazine groups is 1. The third-order valence-electron chi connectivity index (χ3n) is 3.31. The summed E-state index contributed by atoms with van der Waals surface area (Å²) in [4.78, 5) is 16.3. The van der Waals surface area contributed by atoms with Crippen molar-refractivity contribution in [2.45, 2.75) is 12.1 Å². The second-order valence-electron chi connectivity index (χ2n) is 4.98. The van der Waals surface area contributed by atoms with Gasteiger partial charge in [-0.3, -0.25) is 15.6 Å². The number of carbonyl (C=O) groups is 1. The summed E-state index contributed by atoms with van der Waals surface area (Å²) in [6, 6.07) is 17.3. The number of hydrogen-bond acceptors (Lipinski definition) is 5. The second-order valence-corrected chi connectivity index (χ2v) is 5.90. The Kier molecular flexibility index (Phi) is 5.18. The lowest BCUT2D eigenvalue weighted by molar-refractivity contribution is -0.119. The minimum atomic E-state index is -0.155. The average Bonchev–Trinajstić information content (AvgIpc) is 3.04. The van der Waals surface area contributed by atoms with Crippen molar-refractivity contribution in [3.8, 4) is 0 Å². The van der Waals surface area contributed by atoms with E-state index in [4.69, 9.17) is 4.42 Å². The van der Waals surface area contributed by atoms with Crippen LogP contribution in [0.15, 0.2) is 70.3 Å². The van der Waals surface area contributed by atoms with Gasteiger partial charge in [0.15, 0.2) is 5.58 Å². The van der Waals surface area contributed by atoms with Crippen molar-refractivity contribution >= 4 is 34.5 Å². The largest absolute Gasteiger partial charge is 0.431 e. The van der Waals surface area contributed by atoms with Crippen LogP contribution in [0.25, 0.3) is 16.8 Å². The third kappa shape index (κ3) is 3.97. The van der Waals surface area contributed by atoms with Gasteiger partial charge in [0.05, 0.1) is 11.4 Å². The van der Waals surface area contributed by atoms with Gasteiger partial charge in [0.25, 0.3) is 5.22 Å². The molecule has 6 heteroatoms. The lowest BCUT2D eigenvalue weighted by Gasteiger charge is -2.11. The van der Waals surface area contributed by atoms with Gasteiger partial charge in [0, 0.05) is 0 Å². The molecule has 5 nitrogen and oxygen atoms in total. The number of aromatic nitrogens is 1. The zero-order valence-electron chi connectivity index (χ0n) is 13.2. The topological polar surface area (TPSA) is 67.2 Å². The van der Waals surface area contributed by atoms with E-state index in [1.54, 1.807) is 0 Å². The molecule has 2 aromatic carbocycles. The van der Waals surface area contributed by atoms with Crippen molar-refractivity contribution in [1.29, 1.82) is 0 Å². The van der Waals surface area contributed by atoms with Gasteiger partial charge in [-0.05, 0) is 24.6 Å². The van der Waals surface area contributed by atoms with Crippen molar-refractivity contribution < 1.29 is 9.21 Å². The van der Waals surface area contributed by atoms with Crippen LogP contribution in [0.1, 0.15) is 12.5 Å². The van der Waals surface area contributed by atoms with Gasteiger partial charge in [0.1, 0.15) is 5.52 Å². The first-order valence-electron chi connectivity index (χ1n) is 7.51. The van der Waals surface area contributed by atoms with Gasteiger partial charge in [-0.1, -0.05) is 60.3 Å². The highest BCUT2D eigenvalue weighted by molar-refractivity contribution is 7.99. The second kappa shape index (κ2) is 7.70. The molecule has 2 N–H and O–H groups in total. The number of nitrogens with one attached hydrogen (secondary N) is 2. The lowest BCUT2D eigenvalue weighted by Crippen LogP contribution is -2.37. The first kappa shape index (κ1) is 16.1. The van der Waals surface area contributed by atoms with Crippen molar-refractivity contribution in [3.05, 3.63) is 66.2 Å². The predicted molar refractivity (Wildman–Crippen MR) is 96.1 cm³/mol. The molecule has 0 saturated carbocycles. The minimum absolute atomic E-state index is 0.155. The molecule has 0 unspecified atom stereocenters. The number of allylic oxidation sites excluding steroid dienone is 1. The van der Waals surface area contributed by atoms with Crippen LogP contribution in [0.2, 0.25) is 0 Å². The van der Waals surface area contributed by atoms with E-state index in [0.717, 1.165) is 22.4 Å². The summed E-state index contributed by atoms with van der Waals surface area (Å²) in [7, 11) is 0. The van der Waals surface area contributed by atoms with Crippen LogP contribution in [-0.4, -0.2) is 16.6 Å². The van der Waals surface area contributed by atoms with Crippen molar-refractivity contribution in [2.75, 3.05) is 5.75 Å². The molecule has 3 rings (SSSR count). The Morgan fingerprint density at radius 1 is 1.12 bits per heavy atom. The van der Waals surface area contributed by atoms with Gasteiger partial charge in [-0.2, -0.15) is 0 Å². The van der Waals surface area contributed by atoms with E-state index < -0.39 is 0 Å². The number of carbonyl (C=O) groups excluding carboxylic acids is 1. The lowest BCUT2D eigenvalue weighted by atomic mass is 10.1. The van der Waals surface area contributed by atoms with Gasteiger partial charge < -0.3 is 4.42 Å². The van der Waals surface area contributed by atoms with Gasteiger partial charge in [-0.15, -0.1) is 0 Å². The number of nitrogens with zero attached hydrogens (tertiary/aromatic N) is 1. The molecule has 0 saturated heterocycles. The molecule has 0 aliphatic carbocycles. The molecular formula is C18H17N3O2S. The molecule has 0 radical (unpaired) electrons. The third-order valence-corrected chi connectivity index (χ3v) is 4.14. The van der Waals surface area contributed by atoms with Crippen LogP contribution < -0.4 is 10.9 Å². The summed E-state index contributed by atoms with van der Waals surface area (Å²) in [6.45, 7) is 1.91. The molecule has 0 aliphatic heterocycles. The van der Waals surface area contributed by atoms with E-state index in [0.29, 0.717) is 5.22 Å². The number of rotatable bonds is 6. The fourth-order valence-corrected chi connectivity index (χ4v) is 2.78. The van der Waals surface area contributed by atoms with E-state index in [1.807, 2.05) is 67.6 Å². The molecule has 1 aromatic heterocycles. The number of hydrogen-bond donors (Lipinski definition) is 2. The van der Waals surface area contributed by atoms with Crippen LogP contribution in [0.3, 0.4) is 0 Å². The number of para-hydroxylation sites is 2. The van der Waals surface area contributed by atoms with Gasteiger partial charge in [-0.25, -0.2) is 4.98 Å². The van der Waals surface area contributed by atoms with Gasteiger partial charge in [0.2, 0.25) is 5.91 Å². The van der Waals surface area contributed by atoms with E-state index in [2.05, 4.69) is 15.8 Å². The highest BCUT2D eigenvalue weighted by atomic mass is 32.2. The van der Waals surface area contributed by atoms with Crippen LogP contribution in [0.5, 0.6) is 0 Å². The molecule has 0 bridgehead atoms. The number of fused-ring (bicyclic) bond motifs is 1. The van der Waals surface area contributed by atoms with Crippen molar-refractivity contribution in [1.82, 2.24) is 15.8 Å². The fraction of sp³-hybridized carbons (Fsp3) is 0.111. The predicted octanol–water partition coefficient (Wildman–Crippen LogP) is 3.60. The average molecular weight is 339 g/mol. The summed E-state index contributed by atoms with van der Waals surface area (Å²) < 4.78 is 5.57. The standard InChI is InChI=1S/C18H17N3O2S/c1-2-14(13-8-4-3-5-9-13)20-21-17(22)12-24-18-19-15-10-6-7-11-16(15)23-18/h2-11,20H,12H2,1H3,(H,21,22)/b14-2-. The quantitative estimate of drug-likeness (QED) is 0.530. The molecule has 0 aliphatic rings. The molecule has 1 heterocycles. The number of thioether (sulfide) groups is 1. The Balaban J connectivity index is 1.52. The zero-order chi connectivity index (χ0) is 16.8. The van der Waals surface area contributed by atoms with Crippen LogP contribution in [0.4, 0.5) is 0 Å². The normalized spacial score (nSPS) is 11.5. The maximum absolute atomic E-state index is 12.0. The van der Waals surface area contributed by atoms with E-state index in [-0.39, 0.29) is 11.7 Å². The van der Waals surface area contributed by atoms with Gasteiger partial charge >= 0.3 is 0 Å². The summed E-state index contributed by atoms with van der Waals surface area (Å²) >= 11 is 1.26. The van der Waals surface area contributed by atoms with Crippen LogP contribution in [-0.2, 0) is 4.79 Å². The first-order valence-corrected chi connectivity index (χ1v) is 8.50. The summed E-state index contributed by atoms with van der Waals surface area (Å²) in [5, 5.41) is 0.487. The molecule has 1 amide bonds. The van der Waals surface area contributed by atoms with E-state index >= 15 is 0 Å². The number of amides is 1. The summed E-state index contributed by atoms with van der Waals surface area (Å²) in [5.41, 5.74) is 9.00. The molecule has 0 atom stereocenters. The number of benzene rings is 2. The summed E-state index contributed by atoms with van der Waals surface area (Å²) in [6.07, 6.45) is 1.91. The Morgan fingerprint density at radius 2 is 1.88 bits per heavy atom. The zero-order valence-corrected chi connectivity index (χ0v) is 14.0. The number of oxazole rings is 1. The smallest absolute Gasteiger partial charge is 0.257 e. The first-order chi connectivity index (χ1) is 11.8. The monoisotopic (exact) mass is 339 g/mol. The molecule has 24 heavy (non-hydrogen) atoms. The van der Waals surface area contributed by atoms with E-state index in [1.165, 1.54) is 11.8 Å². The fourth-order valence-electron chi connectivity index (χ4n) is 2.14. The Hall–Kier alpha value is -2.73. The Labute approximate surface area is 144 Å². The van der Waals surface area contributed by atoms with E-state index in [9.17, 15) is 4.79 Å². The van der Waals surface area contributed by atoms with Crippen LogP contribution >= 0.6 is 11.8 Å². The highest BCUT2D eigenvalue weighted by Gasteiger charge is 2.09. The van der Waals surface area contributed by atoms with Crippen molar-refractivity contribution in [2.24, 2.45) is 0 Å². The Morgan fingerprint density at radius 3 is 2.62 bits per heavy atom. The molecule has 122 valence electrons. The SMILES string of the molecule is C/C=C(\NNC(=O)CSc1nc2ccccc2o1)c1ccccc1. The molecular weight excluding hydrogens is 322 g/mol. The van der Waals surface area contributed by atoms with Crippen LogP contribution in [0, 0.1) is 0 Å². The molecule has 3 aromatic rings. The Bertz CT molecular complexity index is 826. The maximum atomic E-state index is 12.0. The molecule has 0 spiro atoms. The maximum Gasteiger partial charge on any atom is 0.257 e. The highest BCUT2D eigenvalue weighted by Crippen LogP contribution is 2.22. The van der Waals surface area contributed by atoms with Crippen molar-refractivity contribution in [3.63, 3.8) is 0 Å². The summed E-state index contributed by atoms with van der Waals surface area (Å²) in [5.74, 6) is 0.0588. The minimum Gasteiger partial charge on any atom is -0.431 e.